The predicted octanol–water partition coefficient (Wildman–Crippen LogP) is 4.30. The molecule has 27 heteroatoms. The SMILES string of the molecule is COc1ccc2cc3[n+](cc2c1O)CCc1cc2c(cc1-3)OC(Cl)(Cl)O2.COc1ccc2cc3[n+](cc2c1OC)CCc1cc(O)c(O)cc1-3.COc1ccc2cc3[n+](cc2c1OC)CCc1cc2c(cc1-3)OCO2.ClP(Cl)(Cl)(Cl)Cl.O.[Cl-].[Cl-].[Cl-]. The van der Waals surface area contributed by atoms with Crippen LogP contribution in [0.4, 0.5) is 0 Å². The minimum Gasteiger partial charge on any atom is -1.00 e. The molecule has 5 N–H and O–H groups in total. The Morgan fingerprint density at radius 1 is 0.459 bits per heavy atom. The molecule has 0 spiro atoms. The van der Waals surface area contributed by atoms with Gasteiger partial charge in [-0.15, -0.1) is 0 Å². The maximum Gasteiger partial charge on any atom is -0.412 e. The number of hydrogen-bond donors (Lipinski definition) is 3. The molecule has 0 fully saturated rings. The summed E-state index contributed by atoms with van der Waals surface area (Å²) in [6.07, 6.45) is 8.72. The Labute approximate surface area is 540 Å². The minimum atomic E-state index is -3.69. The molecule has 452 valence electrons. The Hall–Kier alpha value is -5.56. The number of phenols is 3. The van der Waals surface area contributed by atoms with Crippen molar-refractivity contribution in [2.24, 2.45) is 0 Å². The molecule has 0 saturated heterocycles. The smallest absolute Gasteiger partial charge is 0.412 e. The van der Waals surface area contributed by atoms with Crippen molar-refractivity contribution in [2.45, 2.75) is 43.6 Å². The van der Waals surface area contributed by atoms with Gasteiger partial charge in [0.1, 0.15) is 0 Å². The van der Waals surface area contributed by atoms with E-state index in [1.807, 2.05) is 48.7 Å². The van der Waals surface area contributed by atoms with Crippen molar-refractivity contribution in [3.63, 3.8) is 0 Å². The molecule has 0 bridgehead atoms. The van der Waals surface area contributed by atoms with Crippen LogP contribution in [0.5, 0.6) is 69.0 Å². The fourth-order valence-electron chi connectivity index (χ4n) is 10.8. The first kappa shape index (κ1) is 67.0. The van der Waals surface area contributed by atoms with Crippen molar-refractivity contribution < 1.29 is 114 Å². The number of fused-ring (bicyclic) bond motifs is 14. The van der Waals surface area contributed by atoms with Gasteiger partial charge in [0.2, 0.25) is 23.9 Å². The van der Waals surface area contributed by atoms with Crippen LogP contribution in [-0.2, 0) is 38.9 Å². The number of phenolic OH excluding ortho intramolecular Hbond substituents is 3. The van der Waals surface area contributed by atoms with Crippen molar-refractivity contribution >= 4 is 115 Å². The van der Waals surface area contributed by atoms with Gasteiger partial charge in [-0.2, -0.15) is 13.7 Å². The summed E-state index contributed by atoms with van der Waals surface area (Å²) in [6.45, 7) is 2.79. The average molecular weight is 1380 g/mol. The number of ether oxygens (including phenoxy) is 9. The van der Waals surface area contributed by atoms with E-state index >= 15 is 0 Å². The number of aryl methyl sites for hydroxylation is 6. The fraction of sp³-hybridized carbons (Fsp3) is 0.224. The molecule has 0 unspecified atom stereocenters. The number of pyridine rings is 3. The van der Waals surface area contributed by atoms with Crippen LogP contribution in [0.3, 0.4) is 0 Å². The minimum absolute atomic E-state index is 0. The second kappa shape index (κ2) is 26.0. The zero-order valence-electron chi connectivity index (χ0n) is 45.4. The number of methoxy groups -OCH3 is 5. The van der Waals surface area contributed by atoms with E-state index in [4.69, 9.17) is 122 Å². The van der Waals surface area contributed by atoms with Gasteiger partial charge in [-0.05, 0) is 129 Å². The average Bonchev–Trinajstić information content (AvgIpc) is 2.63. The van der Waals surface area contributed by atoms with E-state index in [9.17, 15) is 15.3 Å². The number of rotatable bonds is 5. The number of aromatic hydroxyl groups is 3. The summed E-state index contributed by atoms with van der Waals surface area (Å²) in [7, 11) is 8.14. The van der Waals surface area contributed by atoms with Gasteiger partial charge in [0.25, 0.3) is 0 Å². The van der Waals surface area contributed by atoms with E-state index in [-0.39, 0.29) is 59.9 Å². The van der Waals surface area contributed by atoms with Gasteiger partial charge in [0, 0.05) is 37.5 Å². The van der Waals surface area contributed by atoms with Crippen LogP contribution in [0, 0.1) is 0 Å². The van der Waals surface area contributed by atoms with Crippen LogP contribution in [0.1, 0.15) is 16.7 Å². The molecule has 6 aromatic carbocycles. The van der Waals surface area contributed by atoms with E-state index in [1.165, 1.54) is 16.8 Å². The summed E-state index contributed by atoms with van der Waals surface area (Å²) in [5, 5.41) is 35.9. The number of hydrogen-bond acceptors (Lipinski definition) is 12. The third-order valence-corrected chi connectivity index (χ3v) is 14.8. The van der Waals surface area contributed by atoms with Crippen molar-refractivity contribution in [3.05, 3.63) is 126 Å². The Bertz CT molecular complexity index is 4040. The first-order valence-corrected chi connectivity index (χ1v) is 32.5. The van der Waals surface area contributed by atoms with Crippen LogP contribution >= 0.6 is 82.8 Å². The molecule has 0 saturated carbocycles. The normalized spacial score (nSPS) is 14.0. The van der Waals surface area contributed by atoms with Crippen LogP contribution in [0.15, 0.2) is 110 Å². The molecular weight excluding hydrogens is 1330 g/mol. The monoisotopic (exact) mass is 1380 g/mol. The fourth-order valence-corrected chi connectivity index (χ4v) is 11.1. The van der Waals surface area contributed by atoms with Gasteiger partial charge < -0.3 is 101 Å². The number of nitrogens with zero attached hydrogens (tertiary/aromatic N) is 3. The van der Waals surface area contributed by atoms with Gasteiger partial charge in [-0.25, -0.2) is 0 Å². The predicted molar refractivity (Wildman–Crippen MR) is 319 cm³/mol. The summed E-state index contributed by atoms with van der Waals surface area (Å²) >= 11 is 36.8. The van der Waals surface area contributed by atoms with Crippen LogP contribution in [-0.4, -0.2) is 67.8 Å². The Morgan fingerprint density at radius 2 is 0.812 bits per heavy atom. The first-order chi connectivity index (χ1) is 38.6. The van der Waals surface area contributed by atoms with Crippen LogP contribution in [0.25, 0.3) is 66.1 Å². The molecule has 3 aromatic heterocycles. The molecule has 8 heterocycles. The molecule has 5 aliphatic heterocycles. The number of halogens is 10. The zero-order valence-corrected chi connectivity index (χ0v) is 53.9. The Morgan fingerprint density at radius 3 is 1.26 bits per heavy atom. The zero-order chi connectivity index (χ0) is 57.3. The number of alkyl halides is 2. The third-order valence-electron chi connectivity index (χ3n) is 14.4. The largest absolute Gasteiger partial charge is 1.00 e. The Balaban J connectivity index is 0.000000170. The van der Waals surface area contributed by atoms with Crippen LogP contribution in [0.2, 0.25) is 0 Å². The summed E-state index contributed by atoms with van der Waals surface area (Å²) in [5.74, 6) is 6.08. The molecule has 0 radical (unpaired) electrons. The van der Waals surface area contributed by atoms with Gasteiger partial charge in [-0.3, -0.25) is 0 Å². The van der Waals surface area contributed by atoms with Crippen molar-refractivity contribution in [2.75, 3.05) is 42.3 Å². The molecular formula is C58H52Cl10N3O13P. The molecule has 16 nitrogen and oxygen atoms in total. The summed E-state index contributed by atoms with van der Waals surface area (Å²) < 4.78 is 50.3. The van der Waals surface area contributed by atoms with E-state index in [1.54, 1.807) is 53.7 Å². The van der Waals surface area contributed by atoms with E-state index in [0.717, 1.165) is 128 Å². The maximum atomic E-state index is 10.4. The van der Waals surface area contributed by atoms with Gasteiger partial charge in [-0.1, -0.05) is 0 Å². The van der Waals surface area contributed by atoms with E-state index in [0.29, 0.717) is 35.5 Å². The van der Waals surface area contributed by atoms with E-state index < -0.39 is 8.07 Å². The number of aromatic nitrogens is 3. The molecule has 9 aromatic rings. The Kier molecular flexibility index (Phi) is 20.5. The molecule has 0 amide bonds. The van der Waals surface area contributed by atoms with Crippen molar-refractivity contribution in [1.82, 2.24) is 0 Å². The standard InChI is InChI=1S/C20H18NO4.C19H13Cl2NO4.C19H17NO4.Cl5P.3ClH.H2O/c1-22-17-4-3-12-7-16-14-9-19-18(24-11-25-19)8-13(14)5-6-21(16)10-15(12)20(17)23-2;1-24-15-3-2-10-6-14-12-8-17-16(25-19(20,21)26-17)7-11(12)4-5-22(14)9-13(10)18(15)23;1-23-18-4-3-11-7-15-13-9-17(22)16(21)8-12(13)5-6-20(15)10-14(11)19(18)24-2;1-6(2,3,4)5;;;;/h3-4,7-10H,5-6,11H2,1-2H3;2-3,6-9H,4-5H2,1H3;3-4,7-10,22H,5-6H2,1-2H3;;3*1H;1H2/q+1;;;;;;;/p-1. The van der Waals surface area contributed by atoms with Crippen LogP contribution < -0.4 is 93.6 Å². The van der Waals surface area contributed by atoms with E-state index in [2.05, 4.69) is 56.4 Å². The first-order valence-electron chi connectivity index (χ1n) is 25.0. The van der Waals surface area contributed by atoms with Gasteiger partial charge in [0.05, 0.1) is 68.4 Å². The second-order valence-corrected chi connectivity index (χ2v) is 37.0. The molecule has 85 heavy (non-hydrogen) atoms. The maximum absolute atomic E-state index is 10.4. The molecule has 0 atom stereocenters. The third kappa shape index (κ3) is 13.8. The quantitative estimate of drug-likeness (QED) is 0.0963. The topological polar surface area (TPSA) is 187 Å². The molecule has 0 aliphatic carbocycles. The second-order valence-electron chi connectivity index (χ2n) is 19.2. The molecule has 14 rings (SSSR count). The summed E-state index contributed by atoms with van der Waals surface area (Å²) in [5.41, 5.74) is 9.84. The molecule has 5 aliphatic rings. The summed E-state index contributed by atoms with van der Waals surface area (Å²) in [6, 6.07) is 29.2. The van der Waals surface area contributed by atoms with Gasteiger partial charge >= 0.3 is 64.3 Å². The van der Waals surface area contributed by atoms with Gasteiger partial charge in [0.15, 0.2) is 107 Å². The summed E-state index contributed by atoms with van der Waals surface area (Å²) in [4.78, 5) is 0. The van der Waals surface area contributed by atoms with Crippen molar-refractivity contribution in [1.29, 1.82) is 0 Å². The number of benzene rings is 6. The van der Waals surface area contributed by atoms with Crippen molar-refractivity contribution in [3.8, 4) is 103 Å².